The molecule has 0 N–H and O–H groups in total. The van der Waals surface area contributed by atoms with Gasteiger partial charge in [0.1, 0.15) is 5.76 Å². The zero-order valence-corrected chi connectivity index (χ0v) is 15.6. The average molecular weight is 354 g/mol. The van der Waals surface area contributed by atoms with Gasteiger partial charge >= 0.3 is 0 Å². The molecule has 4 nitrogen and oxygen atoms in total. The Balaban J connectivity index is 1.49. The minimum Gasteiger partial charge on any atom is -0.441 e. The smallest absolute Gasteiger partial charge is 0.228 e. The van der Waals surface area contributed by atoms with Gasteiger partial charge < -0.3 is 9.15 Å². The van der Waals surface area contributed by atoms with Gasteiger partial charge in [0, 0.05) is 0 Å². The van der Waals surface area contributed by atoms with Crippen LogP contribution in [0.4, 0.5) is 0 Å². The summed E-state index contributed by atoms with van der Waals surface area (Å²) in [6.45, 7) is 3.19. The van der Waals surface area contributed by atoms with Crippen LogP contribution in [-0.2, 0) is 11.3 Å². The maximum atomic E-state index is 6.50. The Morgan fingerprint density at radius 3 is 2.50 bits per heavy atom. The first-order valence-electron chi connectivity index (χ1n) is 10.3. The molecule has 26 heavy (non-hydrogen) atoms. The fourth-order valence-electron chi connectivity index (χ4n) is 4.16. The van der Waals surface area contributed by atoms with E-state index in [0.717, 1.165) is 43.8 Å². The summed E-state index contributed by atoms with van der Waals surface area (Å²) in [5.41, 5.74) is 1.13. The molecule has 1 atom stereocenters. The molecule has 4 heteroatoms. The lowest BCUT2D eigenvalue weighted by molar-refractivity contribution is -0.0237. The van der Waals surface area contributed by atoms with Crippen molar-refractivity contribution in [2.45, 2.75) is 70.1 Å². The van der Waals surface area contributed by atoms with Gasteiger partial charge in [-0.2, -0.15) is 0 Å². The molecule has 140 valence electrons. The summed E-state index contributed by atoms with van der Waals surface area (Å²) < 4.78 is 12.7. The van der Waals surface area contributed by atoms with Gasteiger partial charge in [-0.3, -0.25) is 4.90 Å². The van der Waals surface area contributed by atoms with Gasteiger partial charge in [-0.25, -0.2) is 4.98 Å². The van der Waals surface area contributed by atoms with Gasteiger partial charge in [0.05, 0.1) is 18.8 Å². The number of aromatic nitrogens is 1. The number of nitrogens with zero attached hydrogens (tertiary/aromatic N) is 2. The summed E-state index contributed by atoms with van der Waals surface area (Å²) in [6, 6.07) is 10.4. The zero-order chi connectivity index (χ0) is 17.6. The van der Waals surface area contributed by atoms with Crippen molar-refractivity contribution in [3.8, 4) is 0 Å². The van der Waals surface area contributed by atoms with E-state index >= 15 is 0 Å². The van der Waals surface area contributed by atoms with Crippen LogP contribution in [0.25, 0.3) is 0 Å². The molecule has 1 aromatic heterocycles. The number of benzene rings is 1. The molecular formula is C22H30N2O2. The SMILES string of the molecule is c1ccc([C@H](OC2CCCCC2)c2ncc(CN3CCCCC3)o2)cc1. The van der Waals surface area contributed by atoms with E-state index in [2.05, 4.69) is 34.1 Å². The first-order valence-corrected chi connectivity index (χ1v) is 10.3. The highest BCUT2D eigenvalue weighted by Gasteiger charge is 2.26. The standard InChI is InChI=1S/C22H30N2O2/c1-4-10-18(11-5-1)21(25-19-12-6-2-7-13-19)22-23-16-20(26-22)17-24-14-8-3-9-15-24/h1,4-5,10-11,16,19,21H,2-3,6-9,12-15,17H2/t21-/m0/s1. The van der Waals surface area contributed by atoms with Crippen LogP contribution in [0.1, 0.15) is 74.7 Å². The van der Waals surface area contributed by atoms with Crippen LogP contribution in [0.15, 0.2) is 40.9 Å². The number of oxazole rings is 1. The van der Waals surface area contributed by atoms with E-state index in [4.69, 9.17) is 9.15 Å². The predicted molar refractivity (Wildman–Crippen MR) is 102 cm³/mol. The predicted octanol–water partition coefficient (Wildman–Crippen LogP) is 5.10. The van der Waals surface area contributed by atoms with Crippen molar-refractivity contribution >= 4 is 0 Å². The van der Waals surface area contributed by atoms with Crippen molar-refractivity contribution in [3.63, 3.8) is 0 Å². The molecule has 2 fully saturated rings. The Kier molecular flexibility index (Phi) is 6.03. The molecule has 1 aliphatic carbocycles. The molecule has 2 aromatic rings. The Labute approximate surface area is 156 Å². The molecule has 0 radical (unpaired) electrons. The third-order valence-electron chi connectivity index (χ3n) is 5.61. The van der Waals surface area contributed by atoms with Crippen molar-refractivity contribution in [2.24, 2.45) is 0 Å². The van der Waals surface area contributed by atoms with Crippen molar-refractivity contribution in [1.82, 2.24) is 9.88 Å². The Bertz CT molecular complexity index is 658. The largest absolute Gasteiger partial charge is 0.441 e. The third kappa shape index (κ3) is 4.54. The van der Waals surface area contributed by atoms with E-state index in [9.17, 15) is 0 Å². The van der Waals surface area contributed by atoms with Gasteiger partial charge in [0.2, 0.25) is 5.89 Å². The quantitative estimate of drug-likeness (QED) is 0.723. The zero-order valence-electron chi connectivity index (χ0n) is 15.6. The van der Waals surface area contributed by atoms with E-state index in [1.165, 1.54) is 38.5 Å². The van der Waals surface area contributed by atoms with E-state index in [-0.39, 0.29) is 6.10 Å². The molecule has 1 aromatic carbocycles. The van der Waals surface area contributed by atoms with Gasteiger partial charge in [0.15, 0.2) is 6.10 Å². The molecule has 0 bridgehead atoms. The lowest BCUT2D eigenvalue weighted by Gasteiger charge is -2.26. The monoisotopic (exact) mass is 354 g/mol. The van der Waals surface area contributed by atoms with Crippen molar-refractivity contribution in [3.05, 3.63) is 53.7 Å². The second kappa shape index (κ2) is 8.83. The maximum absolute atomic E-state index is 6.50. The Hall–Kier alpha value is -1.65. The second-order valence-corrected chi connectivity index (χ2v) is 7.69. The third-order valence-corrected chi connectivity index (χ3v) is 5.61. The number of hydrogen-bond acceptors (Lipinski definition) is 4. The molecule has 0 amide bonds. The van der Waals surface area contributed by atoms with Crippen LogP contribution in [0.3, 0.4) is 0 Å². The molecule has 1 saturated carbocycles. The maximum Gasteiger partial charge on any atom is 0.228 e. The lowest BCUT2D eigenvalue weighted by atomic mass is 9.97. The van der Waals surface area contributed by atoms with E-state index in [0.29, 0.717) is 12.0 Å². The highest BCUT2D eigenvalue weighted by atomic mass is 16.5. The first kappa shape index (κ1) is 17.7. The number of ether oxygens (including phenoxy) is 1. The Morgan fingerprint density at radius 1 is 1.00 bits per heavy atom. The molecular weight excluding hydrogens is 324 g/mol. The molecule has 4 rings (SSSR count). The molecule has 0 unspecified atom stereocenters. The van der Waals surface area contributed by atoms with E-state index in [1.807, 2.05) is 12.3 Å². The van der Waals surface area contributed by atoms with Gasteiger partial charge in [0.25, 0.3) is 0 Å². The normalized spacial score (nSPS) is 20.9. The summed E-state index contributed by atoms with van der Waals surface area (Å²) in [7, 11) is 0. The van der Waals surface area contributed by atoms with Crippen LogP contribution < -0.4 is 0 Å². The number of hydrogen-bond donors (Lipinski definition) is 0. The first-order chi connectivity index (χ1) is 12.9. The van der Waals surface area contributed by atoms with Crippen molar-refractivity contribution in [2.75, 3.05) is 13.1 Å². The topological polar surface area (TPSA) is 38.5 Å². The average Bonchev–Trinajstić information content (AvgIpc) is 3.16. The van der Waals surface area contributed by atoms with Gasteiger partial charge in [-0.15, -0.1) is 0 Å². The van der Waals surface area contributed by atoms with E-state index < -0.39 is 0 Å². The molecule has 1 aliphatic heterocycles. The van der Waals surface area contributed by atoms with Crippen LogP contribution in [0.5, 0.6) is 0 Å². The summed E-state index contributed by atoms with van der Waals surface area (Å²) >= 11 is 0. The van der Waals surface area contributed by atoms with Crippen LogP contribution >= 0.6 is 0 Å². The van der Waals surface area contributed by atoms with Crippen LogP contribution in [0, 0.1) is 0 Å². The van der Waals surface area contributed by atoms with E-state index in [1.54, 1.807) is 0 Å². The fourth-order valence-corrected chi connectivity index (χ4v) is 4.16. The highest BCUT2D eigenvalue weighted by Crippen LogP contribution is 2.31. The van der Waals surface area contributed by atoms with Crippen molar-refractivity contribution < 1.29 is 9.15 Å². The molecule has 2 aliphatic rings. The summed E-state index contributed by atoms with van der Waals surface area (Å²) in [6.07, 6.45) is 12.1. The number of piperidine rings is 1. The van der Waals surface area contributed by atoms with Gasteiger partial charge in [-0.05, 0) is 44.3 Å². The lowest BCUT2D eigenvalue weighted by Crippen LogP contribution is -2.28. The summed E-state index contributed by atoms with van der Waals surface area (Å²) in [4.78, 5) is 7.07. The minimum absolute atomic E-state index is 0.200. The number of likely N-dealkylation sites (tertiary alicyclic amines) is 1. The minimum atomic E-state index is -0.200. The van der Waals surface area contributed by atoms with Crippen LogP contribution in [0.2, 0.25) is 0 Å². The van der Waals surface area contributed by atoms with Crippen molar-refractivity contribution in [1.29, 1.82) is 0 Å². The molecule has 2 heterocycles. The van der Waals surface area contributed by atoms with Crippen LogP contribution in [-0.4, -0.2) is 29.1 Å². The summed E-state index contributed by atoms with van der Waals surface area (Å²) in [5, 5.41) is 0. The molecule has 1 saturated heterocycles. The fraction of sp³-hybridized carbons (Fsp3) is 0.591. The second-order valence-electron chi connectivity index (χ2n) is 7.69. The highest BCUT2D eigenvalue weighted by molar-refractivity contribution is 5.22. The van der Waals surface area contributed by atoms with Gasteiger partial charge in [-0.1, -0.05) is 56.0 Å². The number of rotatable bonds is 6. The Morgan fingerprint density at radius 2 is 1.73 bits per heavy atom. The summed E-state index contributed by atoms with van der Waals surface area (Å²) in [5.74, 6) is 1.66. The molecule has 0 spiro atoms.